The Morgan fingerprint density at radius 2 is 1.80 bits per heavy atom. The molecule has 3 aromatic rings. The molecule has 0 atom stereocenters. The zero-order chi connectivity index (χ0) is 21.8. The molecular weight excluding hydrogens is 424 g/mol. The minimum absolute atomic E-state index is 0.0932. The number of hydrogen-bond donors (Lipinski definition) is 1. The number of rotatable bonds is 6. The fourth-order valence-corrected chi connectivity index (χ4v) is 4.83. The summed E-state index contributed by atoms with van der Waals surface area (Å²) in [5.74, 6) is -1.44. The van der Waals surface area contributed by atoms with Crippen LogP contribution in [0.15, 0.2) is 35.4 Å². The van der Waals surface area contributed by atoms with Gasteiger partial charge >= 0.3 is 11.9 Å². The van der Waals surface area contributed by atoms with Gasteiger partial charge < -0.3 is 14.8 Å². The van der Waals surface area contributed by atoms with Crippen molar-refractivity contribution < 1.29 is 23.9 Å². The van der Waals surface area contributed by atoms with Crippen LogP contribution in [0.4, 0.5) is 5.00 Å². The molecule has 2 heterocycles. The predicted molar refractivity (Wildman–Crippen MR) is 118 cm³/mol. The third kappa shape index (κ3) is 4.47. The Balaban J connectivity index is 1.78. The van der Waals surface area contributed by atoms with Crippen LogP contribution in [0.2, 0.25) is 0 Å². The van der Waals surface area contributed by atoms with Crippen molar-refractivity contribution in [3.63, 3.8) is 0 Å². The molecule has 1 aromatic carbocycles. The van der Waals surface area contributed by atoms with Gasteiger partial charge in [0.25, 0.3) is 0 Å². The van der Waals surface area contributed by atoms with E-state index in [1.54, 1.807) is 6.92 Å². The quantitative estimate of drug-likeness (QED) is 0.449. The van der Waals surface area contributed by atoms with Gasteiger partial charge in [0.2, 0.25) is 5.91 Å². The molecule has 0 aliphatic heterocycles. The van der Waals surface area contributed by atoms with Crippen LogP contribution >= 0.6 is 23.1 Å². The van der Waals surface area contributed by atoms with Crippen LogP contribution in [0.3, 0.4) is 0 Å². The number of thiophene rings is 1. The van der Waals surface area contributed by atoms with Crippen LogP contribution in [-0.2, 0) is 14.3 Å². The Morgan fingerprint density at radius 3 is 2.50 bits per heavy atom. The minimum Gasteiger partial charge on any atom is -0.465 e. The number of fused-ring (bicyclic) bond motifs is 1. The number of carbonyl (C=O) groups is 3. The third-order valence-electron chi connectivity index (χ3n) is 4.41. The van der Waals surface area contributed by atoms with E-state index < -0.39 is 11.9 Å². The average molecular weight is 445 g/mol. The maximum Gasteiger partial charge on any atom is 0.348 e. The molecule has 0 aliphatic carbocycles. The fraction of sp³-hybridized carbons (Fsp3) is 0.238. The van der Waals surface area contributed by atoms with E-state index in [-0.39, 0.29) is 27.1 Å². The summed E-state index contributed by atoms with van der Waals surface area (Å²) >= 11 is 2.28. The van der Waals surface area contributed by atoms with Gasteiger partial charge in [-0.15, -0.1) is 11.3 Å². The third-order valence-corrected chi connectivity index (χ3v) is 6.51. The number of nitrogens with zero attached hydrogens (tertiary/aromatic N) is 1. The second-order valence-corrected chi connectivity index (χ2v) is 8.39. The number of para-hydroxylation sites is 1. The molecule has 0 aliphatic rings. The lowest BCUT2D eigenvalue weighted by Gasteiger charge is -2.07. The fourth-order valence-electron chi connectivity index (χ4n) is 2.93. The van der Waals surface area contributed by atoms with E-state index in [9.17, 15) is 14.4 Å². The van der Waals surface area contributed by atoms with Gasteiger partial charge in [0.1, 0.15) is 9.88 Å². The van der Waals surface area contributed by atoms with Gasteiger partial charge in [-0.2, -0.15) is 0 Å². The summed E-state index contributed by atoms with van der Waals surface area (Å²) in [7, 11) is 2.50. The number of ether oxygens (including phenoxy) is 2. The molecule has 1 amide bonds. The summed E-state index contributed by atoms with van der Waals surface area (Å²) in [4.78, 5) is 41.5. The molecule has 0 unspecified atom stereocenters. The van der Waals surface area contributed by atoms with Gasteiger partial charge in [-0.1, -0.05) is 30.0 Å². The number of methoxy groups -OCH3 is 2. The number of hydrogen-bond acceptors (Lipinski definition) is 8. The normalized spacial score (nSPS) is 10.7. The maximum absolute atomic E-state index is 12.5. The Labute approximate surface area is 181 Å². The van der Waals surface area contributed by atoms with Gasteiger partial charge in [-0.05, 0) is 37.1 Å². The molecule has 156 valence electrons. The van der Waals surface area contributed by atoms with Gasteiger partial charge in [0.15, 0.2) is 0 Å². The Morgan fingerprint density at radius 1 is 1.10 bits per heavy atom. The van der Waals surface area contributed by atoms with Crippen LogP contribution in [0, 0.1) is 13.8 Å². The van der Waals surface area contributed by atoms with Gasteiger partial charge in [-0.3, -0.25) is 4.79 Å². The molecule has 0 saturated carbocycles. The lowest BCUT2D eigenvalue weighted by Crippen LogP contribution is -2.16. The first kappa shape index (κ1) is 21.8. The number of esters is 2. The zero-order valence-electron chi connectivity index (χ0n) is 16.9. The number of aromatic nitrogens is 1. The van der Waals surface area contributed by atoms with Crippen molar-refractivity contribution in [2.24, 2.45) is 0 Å². The number of aryl methyl sites for hydroxylation is 1. The van der Waals surface area contributed by atoms with Gasteiger partial charge in [-0.25, -0.2) is 14.6 Å². The highest BCUT2D eigenvalue weighted by molar-refractivity contribution is 7.99. The number of carbonyl (C=O) groups excluding carboxylic acids is 3. The molecule has 0 bridgehead atoms. The minimum atomic E-state index is -0.631. The number of nitrogens with one attached hydrogen (secondary N) is 1. The second-order valence-electron chi connectivity index (χ2n) is 6.37. The van der Waals surface area contributed by atoms with E-state index in [4.69, 9.17) is 9.47 Å². The predicted octanol–water partition coefficient (Wildman–Crippen LogP) is 4.22. The Bertz CT molecular complexity index is 1140. The largest absolute Gasteiger partial charge is 0.465 e. The average Bonchev–Trinajstić information content (AvgIpc) is 3.06. The topological polar surface area (TPSA) is 94.6 Å². The smallest absolute Gasteiger partial charge is 0.348 e. The number of amides is 1. The second kappa shape index (κ2) is 9.27. The van der Waals surface area contributed by atoms with Crippen LogP contribution in [0.1, 0.15) is 31.2 Å². The van der Waals surface area contributed by atoms with Crippen LogP contribution in [0.25, 0.3) is 10.9 Å². The van der Waals surface area contributed by atoms with Crippen molar-refractivity contribution in [1.82, 2.24) is 4.98 Å². The molecule has 2 aromatic heterocycles. The van der Waals surface area contributed by atoms with E-state index >= 15 is 0 Å². The summed E-state index contributed by atoms with van der Waals surface area (Å²) in [6.45, 7) is 3.61. The molecule has 0 spiro atoms. The van der Waals surface area contributed by atoms with E-state index in [0.717, 1.165) is 32.8 Å². The van der Waals surface area contributed by atoms with Gasteiger partial charge in [0, 0.05) is 5.39 Å². The highest BCUT2D eigenvalue weighted by Crippen LogP contribution is 2.34. The first-order chi connectivity index (χ1) is 14.3. The molecule has 0 saturated heterocycles. The number of benzene rings is 1. The van der Waals surface area contributed by atoms with E-state index in [2.05, 4.69) is 10.3 Å². The number of anilines is 1. The van der Waals surface area contributed by atoms with Crippen molar-refractivity contribution in [2.45, 2.75) is 18.9 Å². The van der Waals surface area contributed by atoms with Crippen molar-refractivity contribution >= 4 is 56.8 Å². The molecule has 0 radical (unpaired) electrons. The molecular formula is C21H20N2O5S2. The SMILES string of the molecule is COC(=O)c1sc(NC(=O)CSc2cc(C)c3ccccc3n2)c(C(=O)OC)c1C. The lowest BCUT2D eigenvalue weighted by atomic mass is 10.1. The maximum atomic E-state index is 12.5. The Kier molecular flexibility index (Phi) is 6.73. The number of thioether (sulfide) groups is 1. The summed E-state index contributed by atoms with van der Waals surface area (Å²) < 4.78 is 9.55. The number of pyridine rings is 1. The molecule has 30 heavy (non-hydrogen) atoms. The van der Waals surface area contributed by atoms with Crippen molar-refractivity contribution in [3.05, 3.63) is 51.9 Å². The molecule has 9 heteroatoms. The van der Waals surface area contributed by atoms with E-state index in [1.165, 1.54) is 26.0 Å². The standard InChI is InChI=1S/C21H20N2O5S2/c1-11-9-16(22-14-8-6-5-7-13(11)14)29-10-15(24)23-19-17(20(25)27-3)12(2)18(30-19)21(26)28-4/h5-9H,10H2,1-4H3,(H,23,24). The van der Waals surface area contributed by atoms with Crippen LogP contribution in [0.5, 0.6) is 0 Å². The summed E-state index contributed by atoms with van der Waals surface area (Å²) in [6.07, 6.45) is 0. The van der Waals surface area contributed by atoms with E-state index in [1.807, 2.05) is 37.3 Å². The molecule has 3 rings (SSSR count). The van der Waals surface area contributed by atoms with Crippen molar-refractivity contribution in [3.8, 4) is 0 Å². The van der Waals surface area contributed by atoms with Crippen molar-refractivity contribution in [2.75, 3.05) is 25.3 Å². The highest BCUT2D eigenvalue weighted by Gasteiger charge is 2.26. The Hall–Kier alpha value is -2.91. The molecule has 0 fully saturated rings. The van der Waals surface area contributed by atoms with Crippen LogP contribution in [-0.4, -0.2) is 42.8 Å². The molecule has 7 nitrogen and oxygen atoms in total. The zero-order valence-corrected chi connectivity index (χ0v) is 18.5. The van der Waals surface area contributed by atoms with Crippen molar-refractivity contribution in [1.29, 1.82) is 0 Å². The van der Waals surface area contributed by atoms with E-state index in [0.29, 0.717) is 5.56 Å². The highest BCUT2D eigenvalue weighted by atomic mass is 32.2. The first-order valence-electron chi connectivity index (χ1n) is 8.94. The lowest BCUT2D eigenvalue weighted by molar-refractivity contribution is -0.113. The van der Waals surface area contributed by atoms with Gasteiger partial charge in [0.05, 0.1) is 36.1 Å². The monoisotopic (exact) mass is 444 g/mol. The first-order valence-corrected chi connectivity index (χ1v) is 10.7. The van der Waals surface area contributed by atoms with Crippen LogP contribution < -0.4 is 5.32 Å². The summed E-state index contributed by atoms with van der Waals surface area (Å²) in [5.41, 5.74) is 2.51. The summed E-state index contributed by atoms with van der Waals surface area (Å²) in [5, 5.41) is 4.76. The summed E-state index contributed by atoms with van der Waals surface area (Å²) in [6, 6.07) is 9.75. The molecule has 1 N–H and O–H groups in total.